The average Bonchev–Trinajstić information content (AvgIpc) is 3.24. The second-order valence-corrected chi connectivity index (χ2v) is 7.49. The molecule has 1 atom stereocenters. The molecule has 2 aromatic carbocycles. The van der Waals surface area contributed by atoms with E-state index in [9.17, 15) is 0 Å². The molecule has 0 unspecified atom stereocenters. The summed E-state index contributed by atoms with van der Waals surface area (Å²) in [4.78, 5) is 4.74. The average molecular weight is 413 g/mol. The maximum Gasteiger partial charge on any atom is 0.247 e. The Labute approximate surface area is 176 Å². The summed E-state index contributed by atoms with van der Waals surface area (Å²) in [6.45, 7) is 8.46. The predicted octanol–water partition coefficient (Wildman–Crippen LogP) is 4.67. The van der Waals surface area contributed by atoms with Gasteiger partial charge in [-0.1, -0.05) is 29.8 Å². The van der Waals surface area contributed by atoms with E-state index in [1.54, 1.807) is 0 Å². The number of piperazine rings is 1. The number of para-hydroxylation sites is 2. The van der Waals surface area contributed by atoms with E-state index in [0.29, 0.717) is 23.4 Å². The van der Waals surface area contributed by atoms with Crippen molar-refractivity contribution in [2.45, 2.75) is 19.9 Å². The van der Waals surface area contributed by atoms with Gasteiger partial charge in [0.2, 0.25) is 11.8 Å². The summed E-state index contributed by atoms with van der Waals surface area (Å²) >= 11 is 6.07. The van der Waals surface area contributed by atoms with Crippen molar-refractivity contribution < 1.29 is 9.15 Å². The van der Waals surface area contributed by atoms with E-state index in [-0.39, 0.29) is 6.04 Å². The number of hydrogen-bond donors (Lipinski definition) is 0. The maximum atomic E-state index is 6.07. The summed E-state index contributed by atoms with van der Waals surface area (Å²) < 4.78 is 11.7. The molecule has 1 aliphatic heterocycles. The van der Waals surface area contributed by atoms with Crippen molar-refractivity contribution in [3.05, 3.63) is 59.4 Å². The molecule has 0 N–H and O–H groups in total. The van der Waals surface area contributed by atoms with E-state index in [1.807, 2.05) is 43.3 Å². The zero-order valence-electron chi connectivity index (χ0n) is 16.7. The van der Waals surface area contributed by atoms with Crippen LogP contribution in [0, 0.1) is 0 Å². The lowest BCUT2D eigenvalue weighted by Crippen LogP contribution is -2.47. The number of ether oxygens (including phenoxy) is 1. The number of halogens is 1. The van der Waals surface area contributed by atoms with Gasteiger partial charge in [-0.15, -0.1) is 10.2 Å². The lowest BCUT2D eigenvalue weighted by molar-refractivity contribution is 0.173. The molecular formula is C22H25ClN4O2. The molecular weight excluding hydrogens is 388 g/mol. The molecule has 0 radical (unpaired) electrons. The van der Waals surface area contributed by atoms with Crippen LogP contribution in [0.4, 0.5) is 5.69 Å². The summed E-state index contributed by atoms with van der Waals surface area (Å²) in [6.07, 6.45) is 0. The van der Waals surface area contributed by atoms with Gasteiger partial charge >= 0.3 is 0 Å². The van der Waals surface area contributed by atoms with E-state index in [4.69, 9.17) is 20.8 Å². The molecule has 0 amide bonds. The molecule has 2 heterocycles. The van der Waals surface area contributed by atoms with Crippen molar-refractivity contribution in [1.82, 2.24) is 15.1 Å². The van der Waals surface area contributed by atoms with Gasteiger partial charge < -0.3 is 14.1 Å². The zero-order valence-corrected chi connectivity index (χ0v) is 17.5. The van der Waals surface area contributed by atoms with Crippen LogP contribution in [0.15, 0.2) is 52.9 Å². The topological polar surface area (TPSA) is 54.6 Å². The summed E-state index contributed by atoms with van der Waals surface area (Å²) in [7, 11) is 0. The van der Waals surface area contributed by atoms with E-state index in [0.717, 1.165) is 43.2 Å². The lowest BCUT2D eigenvalue weighted by Gasteiger charge is -2.38. The van der Waals surface area contributed by atoms with Crippen LogP contribution in [-0.2, 0) is 0 Å². The largest absolute Gasteiger partial charge is 0.492 e. The third-order valence-corrected chi connectivity index (χ3v) is 5.47. The number of hydrogen-bond acceptors (Lipinski definition) is 6. The molecule has 4 rings (SSSR count). The van der Waals surface area contributed by atoms with Crippen LogP contribution in [0.1, 0.15) is 25.8 Å². The highest BCUT2D eigenvalue weighted by atomic mass is 35.5. The molecule has 0 aliphatic carbocycles. The standard InChI is InChI=1S/C22H25ClN4O2/c1-3-28-20-10-5-4-9-19(20)27-13-11-26(12-14-27)16(2)21-24-25-22(29-21)17-7-6-8-18(23)15-17/h4-10,15-16H,3,11-14H2,1-2H3/t16-/m0/s1. The third kappa shape index (κ3) is 4.38. The zero-order chi connectivity index (χ0) is 20.2. The SMILES string of the molecule is CCOc1ccccc1N1CCN([C@@H](C)c2nnc(-c3cccc(Cl)c3)o2)CC1. The molecule has 152 valence electrons. The summed E-state index contributed by atoms with van der Waals surface area (Å²) in [6, 6.07) is 15.7. The molecule has 29 heavy (non-hydrogen) atoms. The smallest absolute Gasteiger partial charge is 0.247 e. The molecule has 1 fully saturated rings. The van der Waals surface area contributed by atoms with Crippen LogP contribution in [0.5, 0.6) is 5.75 Å². The highest BCUT2D eigenvalue weighted by Crippen LogP contribution is 2.31. The van der Waals surface area contributed by atoms with Crippen molar-refractivity contribution in [3.63, 3.8) is 0 Å². The van der Waals surface area contributed by atoms with E-state index < -0.39 is 0 Å². The van der Waals surface area contributed by atoms with Crippen molar-refractivity contribution in [3.8, 4) is 17.2 Å². The Morgan fingerprint density at radius 1 is 1.07 bits per heavy atom. The number of benzene rings is 2. The number of nitrogens with zero attached hydrogens (tertiary/aromatic N) is 4. The Morgan fingerprint density at radius 2 is 1.86 bits per heavy atom. The fourth-order valence-electron chi connectivity index (χ4n) is 3.64. The minimum absolute atomic E-state index is 0.0553. The van der Waals surface area contributed by atoms with Crippen LogP contribution in [0.25, 0.3) is 11.5 Å². The fourth-order valence-corrected chi connectivity index (χ4v) is 3.83. The van der Waals surface area contributed by atoms with Gasteiger partial charge in [0.15, 0.2) is 0 Å². The first-order valence-corrected chi connectivity index (χ1v) is 10.3. The summed E-state index contributed by atoms with van der Waals surface area (Å²) in [5.41, 5.74) is 1.99. The quantitative estimate of drug-likeness (QED) is 0.586. The maximum absolute atomic E-state index is 6.07. The van der Waals surface area contributed by atoms with Crippen LogP contribution < -0.4 is 9.64 Å². The van der Waals surface area contributed by atoms with Gasteiger partial charge in [-0.3, -0.25) is 4.90 Å². The van der Waals surface area contributed by atoms with Crippen molar-refractivity contribution in [2.24, 2.45) is 0 Å². The molecule has 0 bridgehead atoms. The van der Waals surface area contributed by atoms with E-state index in [1.165, 1.54) is 0 Å². The summed E-state index contributed by atoms with van der Waals surface area (Å²) in [5.74, 6) is 2.07. The van der Waals surface area contributed by atoms with Gasteiger partial charge in [-0.2, -0.15) is 0 Å². The van der Waals surface area contributed by atoms with Gasteiger partial charge in [0, 0.05) is 36.8 Å². The monoisotopic (exact) mass is 412 g/mol. The predicted molar refractivity (Wildman–Crippen MR) is 115 cm³/mol. The van der Waals surface area contributed by atoms with Gasteiger partial charge in [-0.05, 0) is 44.2 Å². The Balaban J connectivity index is 1.42. The molecule has 0 saturated carbocycles. The summed E-state index contributed by atoms with van der Waals surface area (Å²) in [5, 5.41) is 9.14. The van der Waals surface area contributed by atoms with Crippen LogP contribution >= 0.6 is 11.6 Å². The van der Waals surface area contributed by atoms with Gasteiger partial charge in [0.05, 0.1) is 18.3 Å². The van der Waals surface area contributed by atoms with Crippen LogP contribution in [-0.4, -0.2) is 47.9 Å². The van der Waals surface area contributed by atoms with Crippen molar-refractivity contribution in [1.29, 1.82) is 0 Å². The first-order valence-electron chi connectivity index (χ1n) is 9.96. The Bertz CT molecular complexity index is 953. The molecule has 0 spiro atoms. The number of rotatable bonds is 6. The molecule has 7 heteroatoms. The van der Waals surface area contributed by atoms with E-state index >= 15 is 0 Å². The highest BCUT2D eigenvalue weighted by Gasteiger charge is 2.27. The van der Waals surface area contributed by atoms with Gasteiger partial charge in [0.1, 0.15) is 5.75 Å². The van der Waals surface area contributed by atoms with Crippen LogP contribution in [0.2, 0.25) is 5.02 Å². The number of anilines is 1. The van der Waals surface area contributed by atoms with Crippen molar-refractivity contribution >= 4 is 17.3 Å². The van der Waals surface area contributed by atoms with Gasteiger partial charge in [-0.25, -0.2) is 0 Å². The molecule has 1 saturated heterocycles. The molecule has 1 aliphatic rings. The Kier molecular flexibility index (Phi) is 6.02. The molecule has 1 aromatic heterocycles. The fraction of sp³-hybridized carbons (Fsp3) is 0.364. The third-order valence-electron chi connectivity index (χ3n) is 5.24. The number of aromatic nitrogens is 2. The minimum Gasteiger partial charge on any atom is -0.492 e. The first kappa shape index (κ1) is 19.7. The second kappa shape index (κ2) is 8.84. The van der Waals surface area contributed by atoms with E-state index in [2.05, 4.69) is 39.1 Å². The Morgan fingerprint density at radius 3 is 2.62 bits per heavy atom. The van der Waals surface area contributed by atoms with Crippen molar-refractivity contribution in [2.75, 3.05) is 37.7 Å². The Hall–Kier alpha value is -2.57. The second-order valence-electron chi connectivity index (χ2n) is 7.06. The lowest BCUT2D eigenvalue weighted by atomic mass is 10.2. The molecule has 6 nitrogen and oxygen atoms in total. The van der Waals surface area contributed by atoms with Gasteiger partial charge in [0.25, 0.3) is 0 Å². The normalized spacial score (nSPS) is 16.0. The first-order chi connectivity index (χ1) is 14.2. The minimum atomic E-state index is 0.0553. The highest BCUT2D eigenvalue weighted by molar-refractivity contribution is 6.30. The van der Waals surface area contributed by atoms with Crippen LogP contribution in [0.3, 0.4) is 0 Å². The molecule has 3 aromatic rings.